The minimum Gasteiger partial charge on any atom is -0.454 e. The van der Waals surface area contributed by atoms with E-state index >= 15 is 0 Å². The number of aryl methyl sites for hydroxylation is 2. The van der Waals surface area contributed by atoms with Crippen LogP contribution in [0.4, 0.5) is 0 Å². The zero-order valence-electron chi connectivity index (χ0n) is 11.3. The van der Waals surface area contributed by atoms with Gasteiger partial charge >= 0.3 is 0 Å². The molecule has 2 N–H and O–H groups in total. The molecule has 2 aromatic heterocycles. The van der Waals surface area contributed by atoms with Crippen LogP contribution in [-0.4, -0.2) is 10.9 Å². The van der Waals surface area contributed by atoms with Gasteiger partial charge in [-0.1, -0.05) is 18.2 Å². The number of hydrogen-bond donors (Lipinski definition) is 1. The summed E-state index contributed by atoms with van der Waals surface area (Å²) < 4.78 is 5.78. The van der Waals surface area contributed by atoms with Gasteiger partial charge in [0, 0.05) is 11.1 Å². The minimum atomic E-state index is -0.495. The van der Waals surface area contributed by atoms with Crippen LogP contribution in [0.5, 0.6) is 0 Å². The van der Waals surface area contributed by atoms with Crippen LogP contribution in [-0.2, 0) is 0 Å². The van der Waals surface area contributed by atoms with Crippen LogP contribution in [0.3, 0.4) is 0 Å². The maximum Gasteiger partial charge on any atom is 0.251 e. The van der Waals surface area contributed by atoms with Crippen LogP contribution >= 0.6 is 0 Å². The summed E-state index contributed by atoms with van der Waals surface area (Å²) in [6.07, 6.45) is 0. The van der Waals surface area contributed by atoms with Crippen molar-refractivity contribution in [1.29, 1.82) is 0 Å². The summed E-state index contributed by atoms with van der Waals surface area (Å²) in [4.78, 5) is 16.1. The second kappa shape index (κ2) is 4.49. The third-order valence-electron chi connectivity index (χ3n) is 3.25. The van der Waals surface area contributed by atoms with Crippen molar-refractivity contribution in [2.45, 2.75) is 13.8 Å². The average Bonchev–Trinajstić information content (AvgIpc) is 2.80. The predicted octanol–water partition coefficient (Wildman–Crippen LogP) is 3.21. The topological polar surface area (TPSA) is 69.1 Å². The number of rotatable bonds is 2. The molecular formula is C16H14N2O2. The SMILES string of the molecule is Cc1cc(C)c(C(N)=O)c(-c2cc3ccccc3o2)n1. The number of fused-ring (bicyclic) bond motifs is 1. The monoisotopic (exact) mass is 266 g/mol. The lowest BCUT2D eigenvalue weighted by Crippen LogP contribution is -2.15. The summed E-state index contributed by atoms with van der Waals surface area (Å²) >= 11 is 0. The van der Waals surface area contributed by atoms with Crippen LogP contribution in [0.25, 0.3) is 22.4 Å². The van der Waals surface area contributed by atoms with Gasteiger partial charge in [-0.3, -0.25) is 4.79 Å². The lowest BCUT2D eigenvalue weighted by molar-refractivity contribution is 0.1000. The maximum absolute atomic E-state index is 11.7. The van der Waals surface area contributed by atoms with Gasteiger partial charge in [0.25, 0.3) is 5.91 Å². The molecule has 0 aliphatic rings. The molecule has 20 heavy (non-hydrogen) atoms. The first kappa shape index (κ1) is 12.4. The number of primary amides is 1. The smallest absolute Gasteiger partial charge is 0.251 e. The summed E-state index contributed by atoms with van der Waals surface area (Å²) in [5, 5.41) is 0.971. The number of benzene rings is 1. The Bertz CT molecular complexity index is 785. The maximum atomic E-state index is 11.7. The van der Waals surface area contributed by atoms with E-state index in [2.05, 4.69) is 4.98 Å². The second-order valence-electron chi connectivity index (χ2n) is 4.82. The number of para-hydroxylation sites is 1. The Morgan fingerprint density at radius 1 is 1.20 bits per heavy atom. The summed E-state index contributed by atoms with van der Waals surface area (Å²) in [6.45, 7) is 3.73. The molecule has 0 spiro atoms. The van der Waals surface area contributed by atoms with E-state index in [1.807, 2.05) is 50.2 Å². The minimum absolute atomic E-state index is 0.412. The zero-order chi connectivity index (χ0) is 14.3. The normalized spacial score (nSPS) is 10.9. The van der Waals surface area contributed by atoms with Crippen molar-refractivity contribution in [1.82, 2.24) is 4.98 Å². The van der Waals surface area contributed by atoms with Crippen LogP contribution in [0.2, 0.25) is 0 Å². The standard InChI is InChI=1S/C16H14N2O2/c1-9-7-10(2)18-15(14(9)16(17)19)13-8-11-5-3-4-6-12(11)20-13/h3-8H,1-2H3,(H2,17,19). The third-order valence-corrected chi connectivity index (χ3v) is 3.25. The summed E-state index contributed by atoms with van der Waals surface area (Å²) in [5.74, 6) is 0.0669. The highest BCUT2D eigenvalue weighted by Gasteiger charge is 2.18. The molecule has 0 saturated carbocycles. The molecule has 4 heteroatoms. The summed E-state index contributed by atoms with van der Waals surface area (Å²) in [7, 11) is 0. The Kier molecular flexibility index (Phi) is 2.79. The van der Waals surface area contributed by atoms with E-state index in [0.29, 0.717) is 17.0 Å². The molecule has 3 rings (SSSR count). The highest BCUT2D eigenvalue weighted by Crippen LogP contribution is 2.30. The fraction of sp³-hybridized carbons (Fsp3) is 0.125. The molecule has 0 fully saturated rings. The van der Waals surface area contributed by atoms with Crippen molar-refractivity contribution >= 4 is 16.9 Å². The first-order valence-electron chi connectivity index (χ1n) is 6.33. The quantitative estimate of drug-likeness (QED) is 0.774. The van der Waals surface area contributed by atoms with Gasteiger partial charge in [-0.25, -0.2) is 4.98 Å². The van der Waals surface area contributed by atoms with Gasteiger partial charge in [-0.15, -0.1) is 0 Å². The molecule has 4 nitrogen and oxygen atoms in total. The van der Waals surface area contributed by atoms with E-state index in [-0.39, 0.29) is 0 Å². The number of hydrogen-bond acceptors (Lipinski definition) is 3. The first-order chi connectivity index (χ1) is 9.56. The Labute approximate surface area is 116 Å². The molecule has 2 heterocycles. The molecule has 0 bridgehead atoms. The Morgan fingerprint density at radius 2 is 1.95 bits per heavy atom. The number of pyridine rings is 1. The van der Waals surface area contributed by atoms with Crippen molar-refractivity contribution in [2.75, 3.05) is 0 Å². The van der Waals surface area contributed by atoms with E-state index < -0.39 is 5.91 Å². The molecule has 100 valence electrons. The average molecular weight is 266 g/mol. The molecule has 1 aromatic carbocycles. The third kappa shape index (κ3) is 1.95. The lowest BCUT2D eigenvalue weighted by atomic mass is 10.0. The lowest BCUT2D eigenvalue weighted by Gasteiger charge is -2.08. The molecular weight excluding hydrogens is 252 g/mol. The molecule has 3 aromatic rings. The molecule has 0 saturated heterocycles. The highest BCUT2D eigenvalue weighted by atomic mass is 16.3. The Morgan fingerprint density at radius 3 is 2.65 bits per heavy atom. The van der Waals surface area contributed by atoms with Crippen molar-refractivity contribution in [3.05, 3.63) is 53.2 Å². The van der Waals surface area contributed by atoms with Crippen LogP contribution in [0.1, 0.15) is 21.6 Å². The van der Waals surface area contributed by atoms with Crippen molar-refractivity contribution in [3.63, 3.8) is 0 Å². The molecule has 0 aliphatic carbocycles. The number of carbonyl (C=O) groups is 1. The van der Waals surface area contributed by atoms with Gasteiger partial charge in [0.05, 0.1) is 5.56 Å². The summed E-state index contributed by atoms with van der Waals surface area (Å²) in [5.41, 5.74) is 8.78. The first-order valence-corrected chi connectivity index (χ1v) is 6.33. The fourth-order valence-electron chi connectivity index (χ4n) is 2.42. The van der Waals surface area contributed by atoms with Crippen LogP contribution < -0.4 is 5.73 Å². The van der Waals surface area contributed by atoms with Gasteiger partial charge in [0.2, 0.25) is 0 Å². The fourth-order valence-corrected chi connectivity index (χ4v) is 2.42. The van der Waals surface area contributed by atoms with Crippen LogP contribution in [0, 0.1) is 13.8 Å². The van der Waals surface area contributed by atoms with E-state index in [9.17, 15) is 4.79 Å². The summed E-state index contributed by atoms with van der Waals surface area (Å²) in [6, 6.07) is 11.4. The zero-order valence-corrected chi connectivity index (χ0v) is 11.3. The van der Waals surface area contributed by atoms with Gasteiger partial charge in [-0.05, 0) is 37.6 Å². The van der Waals surface area contributed by atoms with E-state index in [1.54, 1.807) is 0 Å². The second-order valence-corrected chi connectivity index (χ2v) is 4.82. The molecule has 1 amide bonds. The predicted molar refractivity (Wildman–Crippen MR) is 77.4 cm³/mol. The highest BCUT2D eigenvalue weighted by molar-refractivity contribution is 6.00. The number of furan rings is 1. The van der Waals surface area contributed by atoms with Gasteiger partial charge < -0.3 is 10.2 Å². The Balaban J connectivity index is 2.30. The molecule has 0 radical (unpaired) electrons. The Hall–Kier alpha value is -2.62. The number of carbonyl (C=O) groups excluding carboxylic acids is 1. The van der Waals surface area contributed by atoms with Gasteiger partial charge in [0.15, 0.2) is 5.76 Å². The van der Waals surface area contributed by atoms with Gasteiger partial charge in [-0.2, -0.15) is 0 Å². The van der Waals surface area contributed by atoms with Crippen molar-refractivity contribution in [2.24, 2.45) is 5.73 Å². The molecule has 0 atom stereocenters. The van der Waals surface area contributed by atoms with Crippen molar-refractivity contribution < 1.29 is 9.21 Å². The van der Waals surface area contributed by atoms with Crippen LogP contribution in [0.15, 0.2) is 40.8 Å². The largest absolute Gasteiger partial charge is 0.454 e. The van der Waals surface area contributed by atoms with E-state index in [1.165, 1.54) is 0 Å². The molecule has 0 aliphatic heterocycles. The molecule has 0 unspecified atom stereocenters. The number of amides is 1. The number of nitrogens with two attached hydrogens (primary N) is 1. The van der Waals surface area contributed by atoms with Gasteiger partial charge in [0.1, 0.15) is 11.3 Å². The number of nitrogens with zero attached hydrogens (tertiary/aromatic N) is 1. The van der Waals surface area contributed by atoms with Crippen molar-refractivity contribution in [3.8, 4) is 11.5 Å². The number of aromatic nitrogens is 1. The van der Waals surface area contributed by atoms with E-state index in [0.717, 1.165) is 22.2 Å². The van der Waals surface area contributed by atoms with E-state index in [4.69, 9.17) is 10.2 Å².